The van der Waals surface area contributed by atoms with Gasteiger partial charge in [0.25, 0.3) is 5.91 Å². The molecule has 1 fully saturated rings. The van der Waals surface area contributed by atoms with Gasteiger partial charge >= 0.3 is 0 Å². The minimum Gasteiger partial charge on any atom is -0.350 e. The molecule has 23 heavy (non-hydrogen) atoms. The van der Waals surface area contributed by atoms with Gasteiger partial charge in [-0.25, -0.2) is 4.98 Å². The number of carbonyl (C=O) groups excluding carboxylic acids is 1. The van der Waals surface area contributed by atoms with Crippen LogP contribution in [0.15, 0.2) is 5.38 Å². The molecule has 0 aromatic carbocycles. The number of nitrogens with two attached hydrogens (primary N) is 1. The van der Waals surface area contributed by atoms with Crippen LogP contribution in [0.2, 0.25) is 0 Å². The zero-order valence-electron chi connectivity index (χ0n) is 13.8. The Morgan fingerprint density at radius 3 is 2.91 bits per heavy atom. The zero-order valence-corrected chi connectivity index (χ0v) is 16.2. The minimum absolute atomic E-state index is 0. The normalized spacial score (nSPS) is 18.2. The van der Waals surface area contributed by atoms with Crippen molar-refractivity contribution in [3.63, 3.8) is 0 Å². The summed E-state index contributed by atoms with van der Waals surface area (Å²) in [5.74, 6) is 0.489. The monoisotopic (exact) mass is 382 g/mol. The number of hydrogen-bond donors (Lipinski definition) is 2. The van der Waals surface area contributed by atoms with Crippen LogP contribution in [0.25, 0.3) is 0 Å². The van der Waals surface area contributed by atoms with E-state index in [1.54, 1.807) is 0 Å². The van der Waals surface area contributed by atoms with Crippen molar-refractivity contribution in [1.82, 2.24) is 15.2 Å². The van der Waals surface area contributed by atoms with E-state index in [1.807, 2.05) is 5.38 Å². The Hall–Kier alpha value is -0.400. The first-order valence-electron chi connectivity index (χ1n) is 7.77. The van der Waals surface area contributed by atoms with Crippen LogP contribution in [0.3, 0.4) is 0 Å². The van der Waals surface area contributed by atoms with Gasteiger partial charge in [-0.3, -0.25) is 4.79 Å². The van der Waals surface area contributed by atoms with Crippen LogP contribution in [0, 0.1) is 5.92 Å². The van der Waals surface area contributed by atoms with Crippen LogP contribution < -0.4 is 11.1 Å². The van der Waals surface area contributed by atoms with Crippen LogP contribution in [0.4, 0.5) is 0 Å². The molecule has 1 aromatic heterocycles. The molecule has 1 amide bonds. The number of piperidine rings is 1. The highest BCUT2D eigenvalue weighted by Crippen LogP contribution is 2.18. The summed E-state index contributed by atoms with van der Waals surface area (Å²) in [6.45, 7) is 8.03. The van der Waals surface area contributed by atoms with Gasteiger partial charge in [0.05, 0.1) is 5.01 Å². The summed E-state index contributed by atoms with van der Waals surface area (Å²) in [5.41, 5.74) is 6.03. The molecule has 0 bridgehead atoms. The Kier molecular flexibility index (Phi) is 11.0. The number of nitrogens with zero attached hydrogens (tertiary/aromatic N) is 2. The first-order chi connectivity index (χ1) is 10.1. The molecule has 0 radical (unpaired) electrons. The van der Waals surface area contributed by atoms with Crippen molar-refractivity contribution in [3.05, 3.63) is 16.1 Å². The molecule has 1 aromatic rings. The molecule has 2 heterocycles. The average molecular weight is 383 g/mol. The van der Waals surface area contributed by atoms with Gasteiger partial charge in [0, 0.05) is 30.9 Å². The third-order valence-electron chi connectivity index (χ3n) is 3.97. The largest absolute Gasteiger partial charge is 0.350 e. The molecule has 0 spiro atoms. The predicted molar refractivity (Wildman–Crippen MR) is 101 cm³/mol. The van der Waals surface area contributed by atoms with Gasteiger partial charge in [0.15, 0.2) is 0 Å². The van der Waals surface area contributed by atoms with Crippen molar-refractivity contribution in [1.29, 1.82) is 0 Å². The Morgan fingerprint density at radius 2 is 2.26 bits per heavy atom. The lowest BCUT2D eigenvalue weighted by atomic mass is 9.97. The van der Waals surface area contributed by atoms with Crippen molar-refractivity contribution in [2.45, 2.75) is 39.2 Å². The van der Waals surface area contributed by atoms with Crippen molar-refractivity contribution in [2.24, 2.45) is 11.7 Å². The van der Waals surface area contributed by atoms with E-state index in [9.17, 15) is 4.79 Å². The summed E-state index contributed by atoms with van der Waals surface area (Å²) < 4.78 is 0. The highest BCUT2D eigenvalue weighted by molar-refractivity contribution is 7.09. The van der Waals surface area contributed by atoms with E-state index < -0.39 is 0 Å². The minimum atomic E-state index is -0.0591. The van der Waals surface area contributed by atoms with Crippen LogP contribution in [0.5, 0.6) is 0 Å². The Bertz CT molecular complexity index is 470. The number of aromatic nitrogens is 1. The molecule has 134 valence electrons. The van der Waals surface area contributed by atoms with E-state index in [4.69, 9.17) is 5.73 Å². The molecule has 1 saturated heterocycles. The second-order valence-corrected chi connectivity index (χ2v) is 6.91. The fourth-order valence-electron chi connectivity index (χ4n) is 2.71. The van der Waals surface area contributed by atoms with Crippen molar-refractivity contribution >= 4 is 42.1 Å². The number of carbonyl (C=O) groups is 1. The van der Waals surface area contributed by atoms with Crippen LogP contribution in [0.1, 0.15) is 42.2 Å². The number of amides is 1. The molecule has 2 rings (SSSR count). The third kappa shape index (κ3) is 6.93. The van der Waals surface area contributed by atoms with Gasteiger partial charge in [-0.05, 0) is 45.7 Å². The first kappa shape index (κ1) is 22.6. The molecule has 0 aliphatic carbocycles. The second-order valence-electron chi connectivity index (χ2n) is 5.97. The van der Waals surface area contributed by atoms with Crippen molar-refractivity contribution in [2.75, 3.05) is 26.2 Å². The van der Waals surface area contributed by atoms with E-state index in [2.05, 4.69) is 29.0 Å². The topological polar surface area (TPSA) is 71.2 Å². The smallest absolute Gasteiger partial charge is 0.270 e. The number of hydrogen-bond acceptors (Lipinski definition) is 5. The van der Waals surface area contributed by atoms with Crippen molar-refractivity contribution in [3.8, 4) is 0 Å². The molecule has 0 saturated carbocycles. The number of halogens is 2. The zero-order chi connectivity index (χ0) is 15.2. The Balaban J connectivity index is 0.00000242. The van der Waals surface area contributed by atoms with E-state index >= 15 is 0 Å². The molecule has 1 atom stereocenters. The standard InChI is InChI=1S/C15H26N4OS.2ClH/c1-11(2)19-7-3-4-12(9-19)8-17-15(20)13-10-21-14(18-13)5-6-16;;/h10-12H,3-9,16H2,1-2H3,(H,17,20);2*1H. The van der Waals surface area contributed by atoms with Crippen molar-refractivity contribution < 1.29 is 4.79 Å². The first-order valence-corrected chi connectivity index (χ1v) is 8.64. The molecule has 1 unspecified atom stereocenters. The van der Waals surface area contributed by atoms with Gasteiger partial charge < -0.3 is 16.0 Å². The van der Waals surface area contributed by atoms with E-state index in [0.717, 1.165) is 24.5 Å². The highest BCUT2D eigenvalue weighted by Gasteiger charge is 2.22. The maximum absolute atomic E-state index is 12.1. The summed E-state index contributed by atoms with van der Waals surface area (Å²) in [4.78, 5) is 18.9. The third-order valence-corrected chi connectivity index (χ3v) is 4.88. The van der Waals surface area contributed by atoms with E-state index in [0.29, 0.717) is 24.2 Å². The number of rotatable bonds is 6. The Labute approximate surface area is 155 Å². The summed E-state index contributed by atoms with van der Waals surface area (Å²) >= 11 is 1.51. The average Bonchev–Trinajstić information content (AvgIpc) is 2.94. The van der Waals surface area contributed by atoms with Crippen LogP contribution in [-0.4, -0.2) is 48.0 Å². The van der Waals surface area contributed by atoms with Crippen LogP contribution >= 0.6 is 36.2 Å². The predicted octanol–water partition coefficient (Wildman–Crippen LogP) is 2.34. The number of likely N-dealkylation sites (tertiary alicyclic amines) is 1. The molecule has 3 N–H and O–H groups in total. The van der Waals surface area contributed by atoms with Gasteiger partial charge in [-0.15, -0.1) is 36.2 Å². The lowest BCUT2D eigenvalue weighted by molar-refractivity contribution is 0.0918. The molecule has 8 heteroatoms. The molecule has 5 nitrogen and oxygen atoms in total. The molecular weight excluding hydrogens is 355 g/mol. The van der Waals surface area contributed by atoms with E-state index in [-0.39, 0.29) is 30.7 Å². The fraction of sp³-hybridized carbons (Fsp3) is 0.733. The summed E-state index contributed by atoms with van der Waals surface area (Å²) in [6.07, 6.45) is 3.15. The fourth-order valence-corrected chi connectivity index (χ4v) is 3.51. The number of nitrogens with one attached hydrogen (secondary N) is 1. The Morgan fingerprint density at radius 1 is 1.52 bits per heavy atom. The maximum atomic E-state index is 12.1. The van der Waals surface area contributed by atoms with Gasteiger partial charge in [0.2, 0.25) is 0 Å². The summed E-state index contributed by atoms with van der Waals surface area (Å²) in [5, 5.41) is 5.79. The summed E-state index contributed by atoms with van der Waals surface area (Å²) in [6, 6.07) is 0.584. The maximum Gasteiger partial charge on any atom is 0.270 e. The quantitative estimate of drug-likeness (QED) is 0.791. The lowest BCUT2D eigenvalue weighted by Gasteiger charge is -2.35. The molecule has 1 aliphatic heterocycles. The highest BCUT2D eigenvalue weighted by atomic mass is 35.5. The summed E-state index contributed by atoms with van der Waals surface area (Å²) in [7, 11) is 0. The van der Waals surface area contributed by atoms with Crippen LogP contribution in [-0.2, 0) is 6.42 Å². The van der Waals surface area contributed by atoms with E-state index in [1.165, 1.54) is 30.7 Å². The van der Waals surface area contributed by atoms with Gasteiger partial charge in [0.1, 0.15) is 5.69 Å². The number of thiazole rings is 1. The molecular formula is C15H28Cl2N4OS. The van der Waals surface area contributed by atoms with Gasteiger partial charge in [-0.1, -0.05) is 0 Å². The SMILES string of the molecule is CC(C)N1CCCC(CNC(=O)c2csc(CCN)n2)C1.Cl.Cl. The van der Waals surface area contributed by atoms with Gasteiger partial charge in [-0.2, -0.15) is 0 Å². The molecule has 1 aliphatic rings. The lowest BCUT2D eigenvalue weighted by Crippen LogP contribution is -2.43. The second kappa shape index (κ2) is 11.2.